The molecule has 0 fully saturated rings. The third-order valence-electron chi connectivity index (χ3n) is 25.6. The van der Waals surface area contributed by atoms with Gasteiger partial charge in [-0.15, -0.1) is 17.0 Å². The number of nitrogens with zero attached hydrogens (tertiary/aromatic N) is 4. The van der Waals surface area contributed by atoms with Gasteiger partial charge in [-0.3, -0.25) is 29.0 Å². The second-order valence-electron chi connectivity index (χ2n) is 35.7. The molecule has 4 aromatic carbocycles. The average Bonchev–Trinajstić information content (AvgIpc) is 0.705. The molecule has 0 spiro atoms. The van der Waals surface area contributed by atoms with E-state index in [1.54, 1.807) is 59.0 Å². The minimum Gasteiger partial charge on any atom is 0 e. The number of unbranched alkanes of at least 4 members (excludes halogenated alkanes) is 24. The van der Waals surface area contributed by atoms with Crippen LogP contribution >= 0.6 is 32.9 Å². The first kappa shape index (κ1) is 157. The zero-order chi connectivity index (χ0) is 87.8. The molecule has 2 radical (unpaired) electrons. The van der Waals surface area contributed by atoms with Gasteiger partial charge in [-0.2, -0.15) is 0 Å². The number of hydrogen-bond acceptors (Lipinski definition) is 8. The minimum absolute atomic E-state index is 0. The molecule has 0 aliphatic carbocycles. The van der Waals surface area contributed by atoms with Gasteiger partial charge in [0.15, 0.2) is 0 Å². The Kier molecular flexibility index (Phi) is 106. The van der Waals surface area contributed by atoms with E-state index in [1.807, 2.05) is 13.0 Å². The molecule has 8 rings (SSSR count). The van der Waals surface area contributed by atoms with Crippen LogP contribution in [0.25, 0.3) is 21.5 Å². The van der Waals surface area contributed by atoms with Gasteiger partial charge in [0.1, 0.15) is 0 Å². The van der Waals surface area contributed by atoms with Crippen molar-refractivity contribution < 1.29 is 41.2 Å². The Morgan fingerprint density at radius 1 is 0.261 bits per heavy atom. The van der Waals surface area contributed by atoms with Crippen molar-refractivity contribution in [2.75, 3.05) is 26.2 Å². The van der Waals surface area contributed by atoms with Gasteiger partial charge in [0.05, 0.1) is 11.1 Å². The summed E-state index contributed by atoms with van der Waals surface area (Å²) >= 11 is -2.49. The van der Waals surface area contributed by atoms with Crippen molar-refractivity contribution in [2.24, 2.45) is 0 Å². The standard InChI is InChI=1S/C27H31BrN2O4.C27H31N2O4.12C4H9.14CH4.BrH.4Sn.2H2.H/c1-4-6-8-10-12-29-25(32)18-15-19(28)23-22-17(14-16(3)20(21(18)22)26(29)33)24(31)30(27(23)34)13-11-9-7-5-2;1-4-6-8-10-14-28-24(30)18-12-13-19-23-21(17(3)16-20(22(18)23)26(28)32)27(33)29(25(19)31)15-11-9-7-5-2;12*1-3-4-2;;;;;;;;;;;;;;;;;;;;;;/h14-15H,4-13H2,1-3H3;13,16H,4-11,14-15H2,1-3H3;12*1,3-4H2,2H3;14*1H4;1H;;;;;2*1H;. The second-order valence-corrected chi connectivity index (χ2v) is 76.6. The van der Waals surface area contributed by atoms with E-state index < -0.39 is 77.7 Å². The molecule has 4 heterocycles. The number of imide groups is 4. The Balaban J connectivity index is -0.000000122. The van der Waals surface area contributed by atoms with Crippen LogP contribution in [0.15, 0.2) is 28.7 Å². The van der Waals surface area contributed by atoms with Crippen LogP contribution in [0.1, 0.15) is 568 Å². The fraction of sp³-hybridized carbons (Fsp3) is 0.759. The van der Waals surface area contributed by atoms with Gasteiger partial charge in [-0.25, -0.2) is 0 Å². The number of carbonyl (C=O) groups excluding carboxylic acids is 8. The van der Waals surface area contributed by atoms with Gasteiger partial charge in [-0.1, -0.05) is 156 Å². The number of amides is 8. The largest absolute Gasteiger partial charge is 0 e. The van der Waals surface area contributed by atoms with E-state index in [0.29, 0.717) is 108 Å². The number of rotatable bonds is 57. The SMILES string of the molecule is Br.C.C.C.C.C.C.C.C.C.C.C.C.C.C.CCCCCCN1C(=O)c2c[c]([Sn]([CH2]CCC)([CH2]CCC)[CH2]CCC)c3c4c(cc(C)c(c24)C1=O)C(=O)N(CCCCCC)C3=O.CCCCCCN1C(=O)c2cc(Br)c3c4c(cc(C)c(c24)C1=O)C(=O)N(CCCCCC)C3=O.CCC[CH2][SnH]([CH2]CCC)[CH2]CCC.CCC[CH2][Sn]([CH2]CCC)[CH2]CCC.CCC[CH2][Sn]([CH2]CCC)[CH2]CCC.[HH].[HH]. The number of carbonyl (C=O) groups is 8. The molecule has 134 heavy (non-hydrogen) atoms. The molecule has 12 nitrogen and oxygen atoms in total. The van der Waals surface area contributed by atoms with Crippen molar-refractivity contribution >= 4 is 183 Å². The Morgan fingerprint density at radius 3 is 0.716 bits per heavy atom. The maximum Gasteiger partial charge on any atom is 0 e. The molecule has 0 saturated carbocycles. The summed E-state index contributed by atoms with van der Waals surface area (Å²) in [6.07, 6.45) is 48.7. The van der Waals surface area contributed by atoms with Crippen molar-refractivity contribution in [1.82, 2.24) is 19.6 Å². The first-order chi connectivity index (χ1) is 57.6. The predicted molar refractivity (Wildman–Crippen MR) is 633 cm³/mol. The molecule has 0 saturated heterocycles. The quantitative estimate of drug-likeness (QED) is 0.0241. The van der Waals surface area contributed by atoms with Gasteiger partial charge >= 0.3 is 560 Å². The Morgan fingerprint density at radius 2 is 0.470 bits per heavy atom. The van der Waals surface area contributed by atoms with Crippen LogP contribution in [-0.2, 0) is 0 Å². The summed E-state index contributed by atoms with van der Waals surface area (Å²) < 4.78 is 20.2. The van der Waals surface area contributed by atoms with Gasteiger partial charge in [0.25, 0.3) is 23.6 Å². The third-order valence-corrected chi connectivity index (χ3v) is 70.5. The topological polar surface area (TPSA) is 150 Å². The Labute approximate surface area is 884 Å². The molecule has 0 aromatic heterocycles. The fourth-order valence-corrected chi connectivity index (χ4v) is 65.4. The number of aryl methyl sites for hydroxylation is 2. The fourth-order valence-electron chi connectivity index (χ4n) is 18.2. The zero-order valence-electron chi connectivity index (χ0n) is 79.8. The number of hydrogen-bond donors (Lipinski definition) is 0. The molecule has 0 bridgehead atoms. The third kappa shape index (κ3) is 46.9. The molecule has 794 valence electrons. The van der Waals surface area contributed by atoms with E-state index in [4.69, 9.17) is 0 Å². The molecule has 4 aliphatic rings. The molecule has 0 atom stereocenters. The Hall–Kier alpha value is -1.89. The summed E-state index contributed by atoms with van der Waals surface area (Å²) in [6, 6.07) is 7.33. The summed E-state index contributed by atoms with van der Waals surface area (Å²) in [5.74, 6) is -2.42. The smallest absolute Gasteiger partial charge is 0 e. The molecule has 0 unspecified atom stereocenters. The predicted octanol–water partition coefficient (Wildman–Crippen LogP) is 40.2. The molecule has 4 aliphatic heterocycles. The van der Waals surface area contributed by atoms with Crippen molar-refractivity contribution in [3.05, 3.63) is 84.4 Å². The zero-order valence-corrected chi connectivity index (χ0v) is 95.0. The van der Waals surface area contributed by atoms with Crippen LogP contribution in [0.4, 0.5) is 0 Å². The van der Waals surface area contributed by atoms with Crippen molar-refractivity contribution in [1.29, 1.82) is 0 Å². The number of halogens is 2. The average molecular weight is 2450 g/mol. The summed E-state index contributed by atoms with van der Waals surface area (Å²) in [5.41, 5.74) is 5.14. The molecule has 0 N–H and O–H groups in total. The van der Waals surface area contributed by atoms with Gasteiger partial charge in [0, 0.05) is 42.3 Å². The summed E-state index contributed by atoms with van der Waals surface area (Å²) in [6.45, 7) is 41.5. The van der Waals surface area contributed by atoms with Crippen LogP contribution in [0.3, 0.4) is 0 Å². The van der Waals surface area contributed by atoms with Crippen LogP contribution < -0.4 is 3.58 Å². The van der Waals surface area contributed by atoms with Crippen LogP contribution in [0, 0.1) is 13.8 Å². The number of benzene rings is 4. The van der Waals surface area contributed by atoms with Gasteiger partial charge < -0.3 is 0 Å². The van der Waals surface area contributed by atoms with E-state index in [2.05, 4.69) is 133 Å². The molecule has 8 amide bonds. The normalized spacial score (nSPS) is 12.1. The van der Waals surface area contributed by atoms with E-state index >= 15 is 0 Å². The molecule has 18 heteroatoms. The van der Waals surface area contributed by atoms with E-state index in [-0.39, 0.29) is 171 Å². The van der Waals surface area contributed by atoms with E-state index in [1.165, 1.54) is 135 Å². The summed E-state index contributed by atoms with van der Waals surface area (Å²) in [7, 11) is 0. The van der Waals surface area contributed by atoms with Gasteiger partial charge in [-0.05, 0) is 53.4 Å². The van der Waals surface area contributed by atoms with Crippen LogP contribution in [0.5, 0.6) is 0 Å². The van der Waals surface area contributed by atoms with E-state index in [9.17, 15) is 38.4 Å². The monoisotopic (exact) mass is 2450 g/mol. The van der Waals surface area contributed by atoms with Crippen LogP contribution in [-0.4, -0.2) is 171 Å². The van der Waals surface area contributed by atoms with Crippen molar-refractivity contribution in [3.8, 4) is 0 Å². The first-order valence-electron chi connectivity index (χ1n) is 49.7. The van der Waals surface area contributed by atoms with E-state index in [0.717, 1.165) is 158 Å². The molecular weight excluding hydrogens is 2210 g/mol. The summed E-state index contributed by atoms with van der Waals surface area (Å²) in [4.78, 5) is 117. The summed E-state index contributed by atoms with van der Waals surface area (Å²) in [5, 5.41) is 2.03. The Bertz CT molecular complexity index is 3540. The second kappa shape index (κ2) is 89.9. The van der Waals surface area contributed by atoms with Crippen molar-refractivity contribution in [3.63, 3.8) is 0 Å². The maximum atomic E-state index is 14.8. The molecule has 4 aromatic rings. The minimum atomic E-state index is -3.36. The van der Waals surface area contributed by atoms with Crippen LogP contribution in [0.2, 0.25) is 53.2 Å². The maximum absolute atomic E-state index is 14.8. The van der Waals surface area contributed by atoms with Crippen molar-refractivity contribution in [2.45, 2.75) is 539 Å². The first-order valence-corrected chi connectivity index (χ1v) is 77.0. The molecular formula is C116H232Br2N4O8Sn4. The van der Waals surface area contributed by atoms with Gasteiger partial charge in [0.2, 0.25) is 0 Å².